The minimum absolute atomic E-state index is 0.313. The van der Waals surface area contributed by atoms with Crippen molar-refractivity contribution >= 4 is 15.7 Å². The Balaban J connectivity index is 2.88. The summed E-state index contributed by atoms with van der Waals surface area (Å²) < 4.78 is 22.1. The van der Waals surface area contributed by atoms with E-state index in [4.69, 9.17) is 0 Å². The van der Waals surface area contributed by atoms with Gasteiger partial charge in [0.25, 0.3) is 0 Å². The van der Waals surface area contributed by atoms with Crippen LogP contribution in [0.5, 0.6) is 0 Å². The lowest BCUT2D eigenvalue weighted by Crippen LogP contribution is -2.48. The number of amides is 1. The topological polar surface area (TPSA) is 83.5 Å². The number of sulfone groups is 1. The zero-order valence-corrected chi connectivity index (χ0v) is 11.2. The van der Waals surface area contributed by atoms with Crippen LogP contribution in [-0.2, 0) is 20.2 Å². The number of carbonyl (C=O) groups is 1. The molecule has 0 aliphatic carbocycles. The van der Waals surface area contributed by atoms with Crippen LogP contribution in [0.1, 0.15) is 12.5 Å². The Kier molecular flexibility index (Phi) is 4.48. The van der Waals surface area contributed by atoms with Crippen molar-refractivity contribution in [1.82, 2.24) is 5.32 Å². The molecule has 100 valence electrons. The molecule has 0 fully saturated rings. The van der Waals surface area contributed by atoms with Gasteiger partial charge >= 0.3 is 0 Å². The maximum atomic E-state index is 11.6. The second kappa shape index (κ2) is 5.49. The Labute approximate surface area is 107 Å². The smallest absolute Gasteiger partial charge is 0.235 e. The Bertz CT molecular complexity index is 512. The third-order valence-corrected chi connectivity index (χ3v) is 3.32. The number of aliphatic hydroxyl groups excluding tert-OH is 1. The maximum absolute atomic E-state index is 11.6. The Morgan fingerprint density at radius 3 is 2.33 bits per heavy atom. The molecule has 1 rings (SSSR count). The molecule has 0 spiro atoms. The number of carbonyl (C=O) groups excluding carboxylic acids is 1. The van der Waals surface area contributed by atoms with E-state index in [-0.39, 0.29) is 6.61 Å². The van der Waals surface area contributed by atoms with Gasteiger partial charge in [-0.1, -0.05) is 30.3 Å². The average Bonchev–Trinajstić information content (AvgIpc) is 2.27. The molecule has 2 N–H and O–H groups in total. The Morgan fingerprint density at radius 2 is 1.89 bits per heavy atom. The van der Waals surface area contributed by atoms with Crippen molar-refractivity contribution in [3.63, 3.8) is 0 Å². The van der Waals surface area contributed by atoms with Crippen LogP contribution in [0.25, 0.3) is 0 Å². The first-order chi connectivity index (χ1) is 8.27. The molecule has 5 nitrogen and oxygen atoms in total. The predicted octanol–water partition coefficient (Wildman–Crippen LogP) is 0.0549. The summed E-state index contributed by atoms with van der Waals surface area (Å²) in [7, 11) is -3.38. The van der Waals surface area contributed by atoms with Crippen molar-refractivity contribution in [3.8, 4) is 0 Å². The molecule has 0 heterocycles. The molecule has 1 aromatic rings. The van der Waals surface area contributed by atoms with E-state index in [2.05, 4.69) is 5.32 Å². The fourth-order valence-corrected chi connectivity index (χ4v) is 2.14. The highest BCUT2D eigenvalue weighted by Crippen LogP contribution is 2.19. The average molecular weight is 271 g/mol. The third kappa shape index (κ3) is 4.12. The summed E-state index contributed by atoms with van der Waals surface area (Å²) in [6, 6.07) is 8.91. The van der Waals surface area contributed by atoms with Crippen molar-refractivity contribution in [2.24, 2.45) is 0 Å². The van der Waals surface area contributed by atoms with Gasteiger partial charge in [0.05, 0.1) is 12.1 Å². The summed E-state index contributed by atoms with van der Waals surface area (Å²) in [5, 5.41) is 12.0. The molecule has 0 radical (unpaired) electrons. The lowest BCUT2D eigenvalue weighted by atomic mass is 9.93. The highest BCUT2D eigenvalue weighted by Gasteiger charge is 2.28. The molecule has 0 aromatic heterocycles. The number of nitrogens with one attached hydrogen (secondary N) is 1. The fraction of sp³-hybridized carbons (Fsp3) is 0.417. The molecule has 0 saturated heterocycles. The van der Waals surface area contributed by atoms with Crippen LogP contribution >= 0.6 is 0 Å². The highest BCUT2D eigenvalue weighted by atomic mass is 32.2. The van der Waals surface area contributed by atoms with Gasteiger partial charge in [-0.25, -0.2) is 8.42 Å². The van der Waals surface area contributed by atoms with E-state index in [1.165, 1.54) is 0 Å². The van der Waals surface area contributed by atoms with Gasteiger partial charge in [0, 0.05) is 6.26 Å². The van der Waals surface area contributed by atoms with Gasteiger partial charge in [-0.05, 0) is 12.5 Å². The van der Waals surface area contributed by atoms with Crippen LogP contribution < -0.4 is 5.32 Å². The molecule has 0 saturated carbocycles. The molecular formula is C12H17NO4S. The highest BCUT2D eigenvalue weighted by molar-refractivity contribution is 7.91. The van der Waals surface area contributed by atoms with Crippen molar-refractivity contribution in [1.29, 1.82) is 0 Å². The van der Waals surface area contributed by atoms with Crippen LogP contribution in [0.4, 0.5) is 0 Å². The number of benzene rings is 1. The predicted molar refractivity (Wildman–Crippen MR) is 68.7 cm³/mol. The summed E-state index contributed by atoms with van der Waals surface area (Å²) in [5.41, 5.74) is -0.266. The summed E-state index contributed by atoms with van der Waals surface area (Å²) in [6.45, 7) is 1.33. The second-order valence-corrected chi connectivity index (χ2v) is 6.61. The molecule has 1 unspecified atom stereocenters. The summed E-state index contributed by atoms with van der Waals surface area (Å²) in [6.07, 6.45) is 0.991. The number of hydrogen-bond donors (Lipinski definition) is 2. The lowest BCUT2D eigenvalue weighted by Gasteiger charge is -2.29. The quantitative estimate of drug-likeness (QED) is 0.793. The van der Waals surface area contributed by atoms with Crippen LogP contribution in [0.15, 0.2) is 30.3 Å². The Hall–Kier alpha value is -1.40. The van der Waals surface area contributed by atoms with Crippen LogP contribution in [0.3, 0.4) is 0 Å². The van der Waals surface area contributed by atoms with E-state index in [1.54, 1.807) is 31.2 Å². The minimum atomic E-state index is -3.38. The SMILES string of the molecule is CC(CO)(NC(=O)CS(C)(=O)=O)c1ccccc1. The number of rotatable bonds is 5. The first-order valence-corrected chi connectivity index (χ1v) is 7.48. The standard InChI is InChI=1S/C12H17NO4S/c1-12(9-14,10-6-4-3-5-7-10)13-11(15)8-18(2,16)17/h3-7,14H,8-9H2,1-2H3,(H,13,15). The zero-order valence-electron chi connectivity index (χ0n) is 10.4. The first kappa shape index (κ1) is 14.7. The molecule has 0 aliphatic heterocycles. The Morgan fingerprint density at radius 1 is 1.33 bits per heavy atom. The minimum Gasteiger partial charge on any atom is -0.394 e. The lowest BCUT2D eigenvalue weighted by molar-refractivity contribution is -0.121. The monoisotopic (exact) mass is 271 g/mol. The molecule has 6 heteroatoms. The van der Waals surface area contributed by atoms with E-state index in [0.29, 0.717) is 5.56 Å². The summed E-state index contributed by atoms with van der Waals surface area (Å²) >= 11 is 0. The maximum Gasteiger partial charge on any atom is 0.235 e. The van der Waals surface area contributed by atoms with Crippen LogP contribution in [0, 0.1) is 0 Å². The largest absolute Gasteiger partial charge is 0.394 e. The normalized spacial score (nSPS) is 14.8. The van der Waals surface area contributed by atoms with E-state index in [9.17, 15) is 18.3 Å². The second-order valence-electron chi connectivity index (χ2n) is 4.47. The van der Waals surface area contributed by atoms with E-state index in [1.807, 2.05) is 6.07 Å². The fourth-order valence-electron chi connectivity index (χ4n) is 1.59. The summed E-state index contributed by atoms with van der Waals surface area (Å²) in [5.74, 6) is -1.21. The number of aliphatic hydroxyl groups is 1. The van der Waals surface area contributed by atoms with Gasteiger partial charge in [-0.2, -0.15) is 0 Å². The zero-order chi connectivity index (χ0) is 13.8. The van der Waals surface area contributed by atoms with E-state index < -0.39 is 27.0 Å². The van der Waals surface area contributed by atoms with E-state index >= 15 is 0 Å². The van der Waals surface area contributed by atoms with Gasteiger partial charge in [-0.3, -0.25) is 4.79 Å². The number of hydrogen-bond acceptors (Lipinski definition) is 4. The van der Waals surface area contributed by atoms with Gasteiger partial charge < -0.3 is 10.4 Å². The van der Waals surface area contributed by atoms with Gasteiger partial charge in [0.1, 0.15) is 5.75 Å². The van der Waals surface area contributed by atoms with Gasteiger partial charge in [-0.15, -0.1) is 0 Å². The van der Waals surface area contributed by atoms with E-state index in [0.717, 1.165) is 6.26 Å². The molecule has 0 aliphatic rings. The molecule has 18 heavy (non-hydrogen) atoms. The molecule has 1 amide bonds. The summed E-state index contributed by atoms with van der Waals surface area (Å²) in [4.78, 5) is 11.6. The molecular weight excluding hydrogens is 254 g/mol. The molecule has 1 atom stereocenters. The van der Waals surface area contributed by atoms with Crippen molar-refractivity contribution in [2.45, 2.75) is 12.5 Å². The van der Waals surface area contributed by atoms with Crippen LogP contribution in [-0.4, -0.2) is 38.0 Å². The van der Waals surface area contributed by atoms with Gasteiger partial charge in [0.15, 0.2) is 9.84 Å². The van der Waals surface area contributed by atoms with Crippen molar-refractivity contribution in [3.05, 3.63) is 35.9 Å². The van der Waals surface area contributed by atoms with Crippen LogP contribution in [0.2, 0.25) is 0 Å². The molecule has 1 aromatic carbocycles. The van der Waals surface area contributed by atoms with Crippen molar-refractivity contribution in [2.75, 3.05) is 18.6 Å². The van der Waals surface area contributed by atoms with Crippen molar-refractivity contribution < 1.29 is 18.3 Å². The molecule has 0 bridgehead atoms. The first-order valence-electron chi connectivity index (χ1n) is 5.42. The van der Waals surface area contributed by atoms with Gasteiger partial charge in [0.2, 0.25) is 5.91 Å². The third-order valence-electron chi connectivity index (χ3n) is 2.54.